The zero-order valence-electron chi connectivity index (χ0n) is 20.0. The number of nitrogens with one attached hydrogen (secondary N) is 2. The summed E-state index contributed by atoms with van der Waals surface area (Å²) in [5.74, 6) is 1.45. The van der Waals surface area contributed by atoms with Crippen LogP contribution in [-0.2, 0) is 0 Å². The normalized spacial score (nSPS) is 9.90. The van der Waals surface area contributed by atoms with Crippen molar-refractivity contribution in [3.05, 3.63) is 98.1 Å². The second kappa shape index (κ2) is 20.9. The molecular weight excluding hydrogens is 1230 g/mol. The maximum atomic E-state index is 4.50. The van der Waals surface area contributed by atoms with E-state index in [4.69, 9.17) is 0 Å². The quantitative estimate of drug-likeness (QED) is 0.250. The minimum Gasteiger partial charge on any atom is -0.264 e. The third-order valence-electron chi connectivity index (χ3n) is 4.60. The molecule has 8 nitrogen and oxygen atoms in total. The maximum Gasteiger partial charge on any atom is 0.177 e. The Bertz CT molecular complexity index is 1270. The van der Waals surface area contributed by atoms with Crippen molar-refractivity contribution < 1.29 is 36.5 Å². The molecule has 0 aliphatic carbocycles. The molecule has 6 rings (SSSR count). The van der Waals surface area contributed by atoms with Crippen molar-refractivity contribution in [1.82, 2.24) is 28.7 Å². The number of aromatic amines is 2. The van der Waals surface area contributed by atoms with Gasteiger partial charge in [0.2, 0.25) is 0 Å². The Labute approximate surface area is 299 Å². The Kier molecular flexibility index (Phi) is 18.1. The number of hydrogen-bond acceptors (Lipinski definition) is 8. The van der Waals surface area contributed by atoms with Gasteiger partial charge in [0, 0.05) is 48.0 Å². The van der Waals surface area contributed by atoms with Crippen LogP contribution < -0.4 is 36.5 Å². The summed E-state index contributed by atoms with van der Waals surface area (Å²) in [7, 11) is 0. The standard InChI is InChI=1S/2C12H8N4S.2I3/c2*1-3-9(7-13-5-1)11-15-12(17-16-11)10-4-2-6-14-8-10;2*1-3-2/h2*1-8H;;/q;;2*-1/p+2. The first kappa shape index (κ1) is 34.6. The van der Waals surface area contributed by atoms with E-state index in [0.29, 0.717) is 26.5 Å². The SMILES string of the molecule is I[I-]I.I[I-]I.c1cncc(-c2nsc(-c3ccc[nH+]c3)n2)c1.c1cncc(-c2nsc(-c3ccc[nH+]c3)n2)c1. The Hall–Kier alpha value is 0.100. The number of aromatic nitrogens is 8. The van der Waals surface area contributed by atoms with E-state index < -0.39 is 0 Å². The van der Waals surface area contributed by atoms with E-state index in [1.807, 2.05) is 73.3 Å². The minimum atomic E-state index is 0.530. The van der Waals surface area contributed by atoms with Crippen molar-refractivity contribution in [1.29, 1.82) is 0 Å². The number of hydrogen-bond donors (Lipinski definition) is 0. The van der Waals surface area contributed by atoms with E-state index >= 15 is 0 Å². The number of pyridine rings is 4. The average molecular weight is 1240 g/mol. The van der Waals surface area contributed by atoms with Gasteiger partial charge in [-0.25, -0.2) is 19.9 Å². The molecule has 0 aliphatic rings. The number of nitrogens with zero attached hydrogens (tertiary/aromatic N) is 6. The van der Waals surface area contributed by atoms with Gasteiger partial charge >= 0.3 is 101 Å². The van der Waals surface area contributed by atoms with Gasteiger partial charge in [0.15, 0.2) is 36.4 Å². The summed E-state index contributed by atoms with van der Waals surface area (Å²) in [6, 6.07) is 15.6. The van der Waals surface area contributed by atoms with E-state index in [1.165, 1.54) is 23.1 Å². The fraction of sp³-hybridized carbons (Fsp3) is 0. The summed E-state index contributed by atoms with van der Waals surface area (Å²) in [6.07, 6.45) is 14.6. The van der Waals surface area contributed by atoms with Gasteiger partial charge in [-0.1, -0.05) is 0 Å². The Morgan fingerprint density at radius 2 is 0.975 bits per heavy atom. The third kappa shape index (κ3) is 12.0. The van der Waals surface area contributed by atoms with Crippen LogP contribution in [0.15, 0.2) is 98.1 Å². The predicted molar refractivity (Wildman–Crippen MR) is 186 cm³/mol. The Morgan fingerprint density at radius 3 is 1.30 bits per heavy atom. The molecule has 6 heterocycles. The zero-order chi connectivity index (χ0) is 28.4. The largest absolute Gasteiger partial charge is 0.264 e. The third-order valence-corrected chi connectivity index (χ3v) is 6.13. The predicted octanol–water partition coefficient (Wildman–Crippen LogP) is 1.71. The van der Waals surface area contributed by atoms with Gasteiger partial charge in [-0.3, -0.25) is 9.97 Å². The minimum absolute atomic E-state index is 0.530. The van der Waals surface area contributed by atoms with E-state index in [9.17, 15) is 0 Å². The molecule has 40 heavy (non-hydrogen) atoms. The summed E-state index contributed by atoms with van der Waals surface area (Å²) >= 11 is 13.4. The number of H-pyrrole nitrogens is 2. The molecule has 0 amide bonds. The maximum absolute atomic E-state index is 4.50. The summed E-state index contributed by atoms with van der Waals surface area (Å²) in [5, 5.41) is 1.81. The topological polar surface area (TPSA) is 106 Å². The van der Waals surface area contributed by atoms with E-state index in [2.05, 4.69) is 113 Å². The molecule has 0 saturated carbocycles. The fourth-order valence-corrected chi connectivity index (χ4v) is 4.32. The van der Waals surface area contributed by atoms with Gasteiger partial charge < -0.3 is 0 Å². The summed E-state index contributed by atoms with van der Waals surface area (Å²) in [5.41, 5.74) is 3.96. The second-order valence-corrected chi connectivity index (χ2v) is 41.0. The van der Waals surface area contributed by atoms with Crippen LogP contribution in [0.5, 0.6) is 0 Å². The average Bonchev–Trinajstić information content (AvgIpc) is 3.72. The van der Waals surface area contributed by atoms with Gasteiger partial charge in [0.1, 0.15) is 10.0 Å². The number of rotatable bonds is 4. The summed E-state index contributed by atoms with van der Waals surface area (Å²) in [6.45, 7) is 0. The van der Waals surface area contributed by atoms with Gasteiger partial charge in [-0.05, 0) is 59.5 Å². The molecule has 6 aromatic rings. The van der Waals surface area contributed by atoms with E-state index in [0.717, 1.165) is 43.9 Å². The first-order chi connectivity index (χ1) is 19.7. The van der Waals surface area contributed by atoms with Crippen molar-refractivity contribution in [3.63, 3.8) is 0 Å². The molecule has 6 aromatic heterocycles. The van der Waals surface area contributed by atoms with Crippen molar-refractivity contribution in [2.75, 3.05) is 0 Å². The van der Waals surface area contributed by atoms with E-state index in [1.54, 1.807) is 24.8 Å². The molecule has 0 saturated heterocycles. The Balaban J connectivity index is 0.000000185. The molecule has 0 radical (unpaired) electrons. The van der Waals surface area contributed by atoms with Crippen LogP contribution in [0.4, 0.5) is 0 Å². The van der Waals surface area contributed by atoms with Crippen molar-refractivity contribution >= 4 is 97.5 Å². The molecule has 208 valence electrons. The first-order valence-corrected chi connectivity index (χ1v) is 37.5. The first-order valence-electron chi connectivity index (χ1n) is 10.9. The zero-order valence-corrected chi connectivity index (χ0v) is 34.6. The van der Waals surface area contributed by atoms with Crippen molar-refractivity contribution in [2.24, 2.45) is 0 Å². The molecule has 0 spiro atoms. The summed E-state index contributed by atoms with van der Waals surface area (Å²) < 4.78 is 8.68. The molecule has 0 atom stereocenters. The van der Waals surface area contributed by atoms with Crippen molar-refractivity contribution in [2.45, 2.75) is 0 Å². The molecule has 16 heteroatoms. The molecule has 0 aliphatic heterocycles. The Morgan fingerprint density at radius 1 is 0.575 bits per heavy atom. The van der Waals surface area contributed by atoms with Crippen LogP contribution in [0.2, 0.25) is 0 Å². The van der Waals surface area contributed by atoms with Crippen LogP contribution >= 0.6 is 97.5 Å². The fourth-order valence-electron chi connectivity index (χ4n) is 2.96. The van der Waals surface area contributed by atoms with Gasteiger partial charge in [-0.2, -0.15) is 8.75 Å². The van der Waals surface area contributed by atoms with Gasteiger partial charge in [0.05, 0.1) is 11.1 Å². The van der Waals surface area contributed by atoms with Gasteiger partial charge in [0.25, 0.3) is 0 Å². The molecule has 0 bridgehead atoms. The smallest absolute Gasteiger partial charge is 0.177 e. The van der Waals surface area contributed by atoms with Crippen LogP contribution in [-0.4, -0.2) is 28.7 Å². The molecule has 0 fully saturated rings. The molecule has 2 N–H and O–H groups in total. The number of halogens is 6. The van der Waals surface area contributed by atoms with Crippen LogP contribution in [0.3, 0.4) is 0 Å². The van der Waals surface area contributed by atoms with Gasteiger partial charge in [-0.15, -0.1) is 0 Å². The van der Waals surface area contributed by atoms with E-state index in [-0.39, 0.29) is 0 Å². The van der Waals surface area contributed by atoms with Crippen LogP contribution in [0, 0.1) is 0 Å². The monoisotopic (exact) mass is 1240 g/mol. The molecule has 0 unspecified atom stereocenters. The molecule has 0 aromatic carbocycles. The van der Waals surface area contributed by atoms with Crippen LogP contribution in [0.1, 0.15) is 0 Å². The second-order valence-electron chi connectivity index (χ2n) is 7.02. The van der Waals surface area contributed by atoms with Crippen LogP contribution in [0.25, 0.3) is 43.9 Å². The summed E-state index contributed by atoms with van der Waals surface area (Å²) in [4.78, 5) is 23.2. The van der Waals surface area contributed by atoms with Crippen molar-refractivity contribution in [3.8, 4) is 43.9 Å². The molecular formula is C24H18I6N8S2.